The minimum absolute atomic E-state index is 0.638. The average molecular weight is 196 g/mol. The molecule has 0 fully saturated rings. The second kappa shape index (κ2) is 5.65. The zero-order valence-electron chi connectivity index (χ0n) is 9.03. The molecule has 0 aliphatic rings. The highest BCUT2D eigenvalue weighted by atomic mass is 15.3. The zero-order valence-corrected chi connectivity index (χ0v) is 9.03. The lowest BCUT2D eigenvalue weighted by Gasteiger charge is -2.11. The highest BCUT2D eigenvalue weighted by molar-refractivity contribution is 5.37. The Bertz CT molecular complexity index is 252. The van der Waals surface area contributed by atoms with E-state index in [0.717, 1.165) is 31.6 Å². The van der Waals surface area contributed by atoms with Crippen molar-refractivity contribution >= 4 is 5.69 Å². The van der Waals surface area contributed by atoms with Gasteiger partial charge in [0, 0.05) is 19.8 Å². The van der Waals surface area contributed by atoms with Crippen LogP contribution >= 0.6 is 0 Å². The van der Waals surface area contributed by atoms with Crippen molar-refractivity contribution in [1.82, 2.24) is 9.78 Å². The van der Waals surface area contributed by atoms with Crippen LogP contribution < -0.4 is 11.1 Å². The Balaban J connectivity index is 2.21. The summed E-state index contributed by atoms with van der Waals surface area (Å²) in [5.41, 5.74) is 6.71. The molecular formula is C10H20N4. The molecule has 0 bridgehead atoms. The zero-order chi connectivity index (χ0) is 10.4. The molecule has 14 heavy (non-hydrogen) atoms. The molecule has 0 spiro atoms. The second-order valence-corrected chi connectivity index (χ2v) is 3.63. The van der Waals surface area contributed by atoms with Crippen LogP contribution in [0.25, 0.3) is 0 Å². The van der Waals surface area contributed by atoms with Crippen molar-refractivity contribution in [2.75, 3.05) is 18.4 Å². The third-order valence-electron chi connectivity index (χ3n) is 2.50. The van der Waals surface area contributed by atoms with E-state index in [9.17, 15) is 0 Å². The number of aryl methyl sites for hydroxylation is 1. The lowest BCUT2D eigenvalue weighted by atomic mass is 10.0. The molecule has 3 N–H and O–H groups in total. The van der Waals surface area contributed by atoms with Gasteiger partial charge in [0.25, 0.3) is 0 Å². The molecule has 0 saturated carbocycles. The number of nitrogens with two attached hydrogens (primary N) is 1. The fourth-order valence-electron chi connectivity index (χ4n) is 1.42. The van der Waals surface area contributed by atoms with Crippen LogP contribution in [0.3, 0.4) is 0 Å². The van der Waals surface area contributed by atoms with E-state index in [-0.39, 0.29) is 0 Å². The molecule has 1 rings (SSSR count). The smallest absolute Gasteiger partial charge is 0.0726 e. The number of rotatable bonds is 6. The van der Waals surface area contributed by atoms with E-state index in [0.29, 0.717) is 5.92 Å². The van der Waals surface area contributed by atoms with Crippen molar-refractivity contribution in [1.29, 1.82) is 0 Å². The van der Waals surface area contributed by atoms with Gasteiger partial charge in [-0.15, -0.1) is 0 Å². The maximum Gasteiger partial charge on any atom is 0.0726 e. The van der Waals surface area contributed by atoms with Crippen LogP contribution in [0.15, 0.2) is 12.4 Å². The molecule has 0 saturated heterocycles. The van der Waals surface area contributed by atoms with Gasteiger partial charge in [0.15, 0.2) is 0 Å². The molecule has 1 heterocycles. The summed E-state index contributed by atoms with van der Waals surface area (Å²) >= 11 is 0. The first-order valence-electron chi connectivity index (χ1n) is 5.18. The van der Waals surface area contributed by atoms with Crippen molar-refractivity contribution < 1.29 is 0 Å². The van der Waals surface area contributed by atoms with Crippen LogP contribution in [0.4, 0.5) is 5.69 Å². The Morgan fingerprint density at radius 1 is 1.64 bits per heavy atom. The molecule has 0 aromatic carbocycles. The standard InChI is InChI=1S/C10H20N4/c1-3-9(6-11)4-5-12-10-7-13-14(2)8-10/h7-9,12H,3-6,11H2,1-2H3. The minimum Gasteiger partial charge on any atom is -0.382 e. The predicted molar refractivity (Wildman–Crippen MR) is 59.2 cm³/mol. The fraction of sp³-hybridized carbons (Fsp3) is 0.700. The molecular weight excluding hydrogens is 176 g/mol. The Labute approximate surface area is 85.5 Å². The molecule has 4 heteroatoms. The van der Waals surface area contributed by atoms with Crippen molar-refractivity contribution in [2.24, 2.45) is 18.7 Å². The van der Waals surface area contributed by atoms with Gasteiger partial charge < -0.3 is 11.1 Å². The van der Waals surface area contributed by atoms with Gasteiger partial charge in [-0.05, 0) is 18.9 Å². The first-order valence-corrected chi connectivity index (χ1v) is 5.18. The van der Waals surface area contributed by atoms with Gasteiger partial charge in [0.2, 0.25) is 0 Å². The summed E-state index contributed by atoms with van der Waals surface area (Å²) in [6.07, 6.45) is 6.10. The molecule has 1 atom stereocenters. The molecule has 0 radical (unpaired) electrons. The van der Waals surface area contributed by atoms with Crippen LogP contribution in [-0.2, 0) is 7.05 Å². The summed E-state index contributed by atoms with van der Waals surface area (Å²) in [6.45, 7) is 3.94. The van der Waals surface area contributed by atoms with Crippen molar-refractivity contribution in [3.8, 4) is 0 Å². The molecule has 0 aliphatic carbocycles. The number of aromatic nitrogens is 2. The average Bonchev–Trinajstić information content (AvgIpc) is 2.59. The topological polar surface area (TPSA) is 55.9 Å². The van der Waals surface area contributed by atoms with Crippen LogP contribution in [0, 0.1) is 5.92 Å². The summed E-state index contributed by atoms with van der Waals surface area (Å²) in [5.74, 6) is 0.638. The van der Waals surface area contributed by atoms with Gasteiger partial charge in [-0.1, -0.05) is 13.3 Å². The molecule has 80 valence electrons. The highest BCUT2D eigenvalue weighted by Gasteiger charge is 2.03. The molecule has 1 unspecified atom stereocenters. The van der Waals surface area contributed by atoms with E-state index in [1.54, 1.807) is 4.68 Å². The number of hydrogen-bond acceptors (Lipinski definition) is 3. The minimum atomic E-state index is 0.638. The molecule has 0 aliphatic heterocycles. The van der Waals surface area contributed by atoms with E-state index in [2.05, 4.69) is 17.3 Å². The molecule has 1 aromatic rings. The monoisotopic (exact) mass is 196 g/mol. The van der Waals surface area contributed by atoms with E-state index in [4.69, 9.17) is 5.73 Å². The van der Waals surface area contributed by atoms with Crippen molar-refractivity contribution in [3.05, 3.63) is 12.4 Å². The number of anilines is 1. The quantitative estimate of drug-likeness (QED) is 0.719. The number of nitrogens with zero attached hydrogens (tertiary/aromatic N) is 2. The van der Waals surface area contributed by atoms with Crippen LogP contribution in [0.2, 0.25) is 0 Å². The van der Waals surface area contributed by atoms with Gasteiger partial charge in [0.1, 0.15) is 0 Å². The van der Waals surface area contributed by atoms with E-state index >= 15 is 0 Å². The SMILES string of the molecule is CCC(CN)CCNc1cnn(C)c1. The summed E-state index contributed by atoms with van der Waals surface area (Å²) in [7, 11) is 1.92. The number of hydrogen-bond donors (Lipinski definition) is 2. The van der Waals surface area contributed by atoms with Gasteiger partial charge in [-0.2, -0.15) is 5.10 Å². The van der Waals surface area contributed by atoms with Crippen molar-refractivity contribution in [3.63, 3.8) is 0 Å². The van der Waals surface area contributed by atoms with E-state index in [1.807, 2.05) is 19.4 Å². The van der Waals surface area contributed by atoms with Crippen molar-refractivity contribution in [2.45, 2.75) is 19.8 Å². The summed E-state index contributed by atoms with van der Waals surface area (Å²) < 4.78 is 1.79. The Kier molecular flexibility index (Phi) is 4.46. The van der Waals surface area contributed by atoms with Gasteiger partial charge in [0.05, 0.1) is 11.9 Å². The summed E-state index contributed by atoms with van der Waals surface area (Å²) in [6, 6.07) is 0. The highest BCUT2D eigenvalue weighted by Crippen LogP contribution is 2.08. The van der Waals surface area contributed by atoms with Crippen LogP contribution in [0.1, 0.15) is 19.8 Å². The fourth-order valence-corrected chi connectivity index (χ4v) is 1.42. The van der Waals surface area contributed by atoms with Crippen LogP contribution in [0.5, 0.6) is 0 Å². The van der Waals surface area contributed by atoms with E-state index in [1.165, 1.54) is 0 Å². The Morgan fingerprint density at radius 2 is 2.43 bits per heavy atom. The van der Waals surface area contributed by atoms with Gasteiger partial charge in [-0.25, -0.2) is 0 Å². The normalized spacial score (nSPS) is 12.8. The third-order valence-corrected chi connectivity index (χ3v) is 2.50. The molecule has 4 nitrogen and oxygen atoms in total. The summed E-state index contributed by atoms with van der Waals surface area (Å²) in [5, 5.41) is 7.41. The van der Waals surface area contributed by atoms with Gasteiger partial charge in [-0.3, -0.25) is 4.68 Å². The second-order valence-electron chi connectivity index (χ2n) is 3.63. The third kappa shape index (κ3) is 3.38. The Morgan fingerprint density at radius 3 is 2.93 bits per heavy atom. The number of nitrogens with one attached hydrogen (secondary N) is 1. The largest absolute Gasteiger partial charge is 0.382 e. The summed E-state index contributed by atoms with van der Waals surface area (Å²) in [4.78, 5) is 0. The maximum absolute atomic E-state index is 5.62. The Hall–Kier alpha value is -1.03. The predicted octanol–water partition coefficient (Wildman–Crippen LogP) is 1.21. The lowest BCUT2D eigenvalue weighted by molar-refractivity contribution is 0.495. The van der Waals surface area contributed by atoms with E-state index < -0.39 is 0 Å². The lowest BCUT2D eigenvalue weighted by Crippen LogP contribution is -2.17. The van der Waals surface area contributed by atoms with Crippen LogP contribution in [-0.4, -0.2) is 22.9 Å². The van der Waals surface area contributed by atoms with Gasteiger partial charge >= 0.3 is 0 Å². The first kappa shape index (κ1) is 11.0. The first-order chi connectivity index (χ1) is 6.76. The maximum atomic E-state index is 5.62. The molecule has 0 amide bonds. The molecule has 1 aromatic heterocycles.